The summed E-state index contributed by atoms with van der Waals surface area (Å²) in [5.41, 5.74) is -0.0304. The normalized spacial score (nSPS) is 21.9. The molecule has 1 fully saturated rings. The number of rotatable bonds is 5. The number of ether oxygens (including phenoxy) is 1. The number of hydrogen-bond acceptors (Lipinski definition) is 5. The molecule has 0 radical (unpaired) electrons. The lowest BCUT2D eigenvalue weighted by atomic mass is 9.96. The molecule has 2 atom stereocenters. The molecule has 1 aliphatic rings. The van der Waals surface area contributed by atoms with Crippen molar-refractivity contribution in [3.8, 4) is 0 Å². The van der Waals surface area contributed by atoms with Crippen molar-refractivity contribution in [2.45, 2.75) is 45.3 Å². The number of nitrogens with zero attached hydrogens (tertiary/aromatic N) is 4. The molecule has 3 heterocycles. The van der Waals surface area contributed by atoms with Crippen molar-refractivity contribution in [3.63, 3.8) is 0 Å². The quantitative estimate of drug-likeness (QED) is 0.877. The van der Waals surface area contributed by atoms with E-state index in [9.17, 15) is 0 Å². The number of nitrogens with one attached hydrogen (secondary N) is 2. The fourth-order valence-corrected chi connectivity index (χ4v) is 2.87. The van der Waals surface area contributed by atoms with E-state index in [0.29, 0.717) is 12.5 Å². The van der Waals surface area contributed by atoms with Gasteiger partial charge in [-0.3, -0.25) is 5.10 Å². The summed E-state index contributed by atoms with van der Waals surface area (Å²) in [6, 6.07) is 0. The number of H-pyrrole nitrogens is 1. The Labute approximate surface area is 136 Å². The first-order chi connectivity index (χ1) is 10.9. The molecule has 0 unspecified atom stereocenters. The highest BCUT2D eigenvalue weighted by Crippen LogP contribution is 2.32. The van der Waals surface area contributed by atoms with Crippen LogP contribution in [0.5, 0.6) is 0 Å². The lowest BCUT2D eigenvalue weighted by molar-refractivity contribution is 0.0810. The molecule has 0 spiro atoms. The molecule has 3 rings (SSSR count). The molecule has 0 aromatic carbocycles. The van der Waals surface area contributed by atoms with Crippen LogP contribution >= 0.6 is 0 Å². The van der Waals surface area contributed by atoms with E-state index in [1.807, 2.05) is 24.0 Å². The summed E-state index contributed by atoms with van der Waals surface area (Å²) in [6.45, 7) is 8.69. The second-order valence-corrected chi connectivity index (χ2v) is 7.22. The summed E-state index contributed by atoms with van der Waals surface area (Å²) in [6.07, 6.45) is 4.91. The third-order valence-corrected chi connectivity index (χ3v) is 4.23. The van der Waals surface area contributed by atoms with Gasteiger partial charge in [-0.1, -0.05) is 20.8 Å². The number of aromatic nitrogens is 5. The first kappa shape index (κ1) is 16.1. The van der Waals surface area contributed by atoms with Crippen LogP contribution < -0.4 is 5.32 Å². The third-order valence-electron chi connectivity index (χ3n) is 4.23. The maximum Gasteiger partial charge on any atom is 0.156 e. The Morgan fingerprint density at radius 3 is 2.91 bits per heavy atom. The second kappa shape index (κ2) is 6.41. The molecule has 0 bridgehead atoms. The minimum atomic E-state index is -0.0304. The average molecular weight is 318 g/mol. The molecular weight excluding hydrogens is 292 g/mol. The minimum Gasteiger partial charge on any atom is -0.370 e. The number of hydrogen-bond donors (Lipinski definition) is 2. The van der Waals surface area contributed by atoms with Gasteiger partial charge in [0, 0.05) is 43.9 Å². The van der Waals surface area contributed by atoms with Crippen molar-refractivity contribution in [1.82, 2.24) is 30.0 Å². The largest absolute Gasteiger partial charge is 0.370 e. The van der Waals surface area contributed by atoms with Gasteiger partial charge < -0.3 is 14.6 Å². The van der Waals surface area contributed by atoms with Crippen molar-refractivity contribution in [1.29, 1.82) is 0 Å². The van der Waals surface area contributed by atoms with Crippen LogP contribution in [0, 0.1) is 5.92 Å². The molecule has 0 saturated carbocycles. The Morgan fingerprint density at radius 2 is 2.26 bits per heavy atom. The van der Waals surface area contributed by atoms with Gasteiger partial charge in [0.2, 0.25) is 0 Å². The summed E-state index contributed by atoms with van der Waals surface area (Å²) < 4.78 is 7.92. The Bertz CT molecular complexity index is 641. The molecule has 126 valence electrons. The lowest BCUT2D eigenvalue weighted by Gasteiger charge is -2.18. The summed E-state index contributed by atoms with van der Waals surface area (Å²) in [5, 5.41) is 10.8. The van der Waals surface area contributed by atoms with Crippen molar-refractivity contribution in [2.75, 3.05) is 13.2 Å². The third kappa shape index (κ3) is 3.61. The van der Waals surface area contributed by atoms with Crippen molar-refractivity contribution in [3.05, 3.63) is 29.9 Å². The monoisotopic (exact) mass is 318 g/mol. The minimum absolute atomic E-state index is 0.0304. The van der Waals surface area contributed by atoms with E-state index in [1.54, 1.807) is 0 Å². The zero-order valence-electron chi connectivity index (χ0n) is 14.3. The highest BCUT2D eigenvalue weighted by molar-refractivity contribution is 5.03. The van der Waals surface area contributed by atoms with Crippen LogP contribution in [0.15, 0.2) is 12.4 Å². The molecule has 2 aromatic rings. The van der Waals surface area contributed by atoms with Gasteiger partial charge in [-0.15, -0.1) is 0 Å². The second-order valence-electron chi connectivity index (χ2n) is 7.22. The van der Waals surface area contributed by atoms with Gasteiger partial charge in [0.05, 0.1) is 6.54 Å². The molecule has 1 aliphatic heterocycles. The predicted molar refractivity (Wildman–Crippen MR) is 86.8 cm³/mol. The summed E-state index contributed by atoms with van der Waals surface area (Å²) >= 11 is 0. The van der Waals surface area contributed by atoms with Gasteiger partial charge >= 0.3 is 0 Å². The van der Waals surface area contributed by atoms with Gasteiger partial charge in [0.15, 0.2) is 5.82 Å². The van der Waals surface area contributed by atoms with Crippen molar-refractivity contribution >= 4 is 0 Å². The lowest BCUT2D eigenvalue weighted by Crippen LogP contribution is -2.26. The topological polar surface area (TPSA) is 80.7 Å². The van der Waals surface area contributed by atoms with Gasteiger partial charge in [-0.25, -0.2) is 9.97 Å². The van der Waals surface area contributed by atoms with E-state index in [4.69, 9.17) is 4.74 Å². The highest BCUT2D eigenvalue weighted by atomic mass is 16.5. The molecule has 0 aliphatic carbocycles. The van der Waals surface area contributed by atoms with E-state index in [-0.39, 0.29) is 11.5 Å². The number of aryl methyl sites for hydroxylation is 1. The highest BCUT2D eigenvalue weighted by Gasteiger charge is 2.32. The van der Waals surface area contributed by atoms with Crippen molar-refractivity contribution < 1.29 is 4.74 Å². The Balaban J connectivity index is 1.54. The Kier molecular flexibility index (Phi) is 4.50. The summed E-state index contributed by atoms with van der Waals surface area (Å²) in [5.74, 6) is 3.16. The molecule has 23 heavy (non-hydrogen) atoms. The van der Waals surface area contributed by atoms with Crippen LogP contribution in [0.2, 0.25) is 0 Å². The number of aromatic amines is 1. The van der Waals surface area contributed by atoms with E-state index in [1.165, 1.54) is 0 Å². The molecule has 2 N–H and O–H groups in total. The summed E-state index contributed by atoms with van der Waals surface area (Å²) in [4.78, 5) is 8.98. The van der Waals surface area contributed by atoms with Gasteiger partial charge in [0.1, 0.15) is 17.8 Å². The first-order valence-corrected chi connectivity index (χ1v) is 8.16. The van der Waals surface area contributed by atoms with E-state index in [2.05, 4.69) is 46.3 Å². The fraction of sp³-hybridized carbons (Fsp3) is 0.688. The maximum absolute atomic E-state index is 5.88. The molecule has 1 saturated heterocycles. The van der Waals surface area contributed by atoms with E-state index in [0.717, 1.165) is 37.0 Å². The van der Waals surface area contributed by atoms with Gasteiger partial charge in [0.25, 0.3) is 0 Å². The van der Waals surface area contributed by atoms with Gasteiger partial charge in [-0.05, 0) is 6.42 Å². The molecule has 7 nitrogen and oxygen atoms in total. The van der Waals surface area contributed by atoms with Gasteiger partial charge in [-0.2, -0.15) is 5.10 Å². The number of imidazole rings is 1. The zero-order chi connectivity index (χ0) is 16.4. The zero-order valence-corrected chi connectivity index (χ0v) is 14.3. The SMILES string of the molecule is Cn1ccnc1[C@@H]1OCC[C@H]1CNCc1nc(C(C)(C)C)n[nH]1. The Hall–Kier alpha value is -1.73. The van der Waals surface area contributed by atoms with Crippen LogP contribution in [-0.2, 0) is 23.7 Å². The van der Waals surface area contributed by atoms with Crippen LogP contribution in [0.1, 0.15) is 50.8 Å². The fourth-order valence-electron chi connectivity index (χ4n) is 2.87. The Morgan fingerprint density at radius 1 is 1.43 bits per heavy atom. The van der Waals surface area contributed by atoms with Crippen LogP contribution in [0.4, 0.5) is 0 Å². The average Bonchev–Trinajstić information content (AvgIpc) is 3.18. The van der Waals surface area contributed by atoms with Crippen LogP contribution in [0.3, 0.4) is 0 Å². The molecule has 0 amide bonds. The summed E-state index contributed by atoms with van der Waals surface area (Å²) in [7, 11) is 2.01. The molecule has 7 heteroatoms. The molecule has 2 aromatic heterocycles. The van der Waals surface area contributed by atoms with E-state index >= 15 is 0 Å². The van der Waals surface area contributed by atoms with Crippen LogP contribution in [-0.4, -0.2) is 37.9 Å². The van der Waals surface area contributed by atoms with Crippen LogP contribution in [0.25, 0.3) is 0 Å². The smallest absolute Gasteiger partial charge is 0.156 e. The standard InChI is InChI=1S/C16H26N6O/c1-16(2,3)15-19-12(20-21-15)10-17-9-11-5-8-23-13(11)14-18-6-7-22(14)4/h6-7,11,13,17H,5,8-10H2,1-4H3,(H,19,20,21)/t11-,13+/m0/s1. The predicted octanol–water partition coefficient (Wildman–Crippen LogP) is 1.70. The van der Waals surface area contributed by atoms with Crippen molar-refractivity contribution in [2.24, 2.45) is 13.0 Å². The van der Waals surface area contributed by atoms with E-state index < -0.39 is 0 Å². The first-order valence-electron chi connectivity index (χ1n) is 8.16. The molecular formula is C16H26N6O. The maximum atomic E-state index is 5.88.